The molecule has 0 aliphatic heterocycles. The van der Waals surface area contributed by atoms with Crippen LogP contribution in [0.25, 0.3) is 0 Å². The van der Waals surface area contributed by atoms with Gasteiger partial charge in [-0.1, -0.05) is 13.3 Å². The summed E-state index contributed by atoms with van der Waals surface area (Å²) in [5.41, 5.74) is 1.64. The zero-order chi connectivity index (χ0) is 13.4. The second-order valence-electron chi connectivity index (χ2n) is 4.35. The molecule has 0 fully saturated rings. The van der Waals surface area contributed by atoms with Crippen LogP contribution in [0.1, 0.15) is 31.7 Å². The number of hydrogen-bond donors (Lipinski definition) is 2. The van der Waals surface area contributed by atoms with E-state index in [0.29, 0.717) is 11.5 Å². The molecule has 0 saturated heterocycles. The molecule has 0 saturated carbocycles. The van der Waals surface area contributed by atoms with Crippen molar-refractivity contribution in [2.24, 2.45) is 5.92 Å². The summed E-state index contributed by atoms with van der Waals surface area (Å²) in [4.78, 5) is 0. The summed E-state index contributed by atoms with van der Waals surface area (Å²) in [5.74, 6) is 0.495. The Balaban J connectivity index is 2.56. The maximum atomic E-state index is 9.00. The Kier molecular flexibility index (Phi) is 6.77. The molecule has 0 radical (unpaired) electrons. The molecular formula is C14H19BrN2O. The zero-order valence-corrected chi connectivity index (χ0v) is 12.2. The van der Waals surface area contributed by atoms with Crippen molar-refractivity contribution in [2.75, 3.05) is 18.5 Å². The quantitative estimate of drug-likeness (QED) is 0.810. The minimum absolute atomic E-state index is 0.239. The average molecular weight is 311 g/mol. The highest BCUT2D eigenvalue weighted by Gasteiger charge is 2.07. The molecule has 3 nitrogen and oxygen atoms in total. The number of hydrogen-bond acceptors (Lipinski definition) is 3. The normalized spacial score (nSPS) is 11.9. The molecule has 0 aromatic heterocycles. The molecule has 1 rings (SSSR count). The molecule has 1 atom stereocenters. The first-order valence-corrected chi connectivity index (χ1v) is 7.05. The fraction of sp³-hybridized carbons (Fsp3) is 0.500. The van der Waals surface area contributed by atoms with Gasteiger partial charge >= 0.3 is 0 Å². The first kappa shape index (κ1) is 15.0. The minimum atomic E-state index is 0.239. The van der Waals surface area contributed by atoms with Crippen molar-refractivity contribution in [3.63, 3.8) is 0 Å². The van der Waals surface area contributed by atoms with Crippen LogP contribution in [0.4, 0.5) is 5.69 Å². The monoisotopic (exact) mass is 310 g/mol. The predicted molar refractivity (Wildman–Crippen MR) is 77.4 cm³/mol. The van der Waals surface area contributed by atoms with Crippen LogP contribution in [0.15, 0.2) is 22.7 Å². The van der Waals surface area contributed by atoms with Crippen LogP contribution in [0.5, 0.6) is 0 Å². The van der Waals surface area contributed by atoms with E-state index in [-0.39, 0.29) is 6.61 Å². The largest absolute Gasteiger partial charge is 0.396 e. The van der Waals surface area contributed by atoms with E-state index in [4.69, 9.17) is 10.4 Å². The number of nitrogens with zero attached hydrogens (tertiary/aromatic N) is 1. The van der Waals surface area contributed by atoms with Gasteiger partial charge in [0.1, 0.15) is 6.07 Å². The van der Waals surface area contributed by atoms with E-state index in [9.17, 15) is 0 Å². The Morgan fingerprint density at radius 1 is 1.44 bits per heavy atom. The van der Waals surface area contributed by atoms with Crippen molar-refractivity contribution >= 4 is 21.6 Å². The lowest BCUT2D eigenvalue weighted by atomic mass is 10.00. The lowest BCUT2D eigenvalue weighted by molar-refractivity contribution is 0.255. The fourth-order valence-corrected chi connectivity index (χ4v) is 2.38. The van der Waals surface area contributed by atoms with Gasteiger partial charge in [0.05, 0.1) is 5.56 Å². The van der Waals surface area contributed by atoms with Gasteiger partial charge in [-0.05, 0) is 52.9 Å². The zero-order valence-electron chi connectivity index (χ0n) is 10.6. The number of nitrogens with one attached hydrogen (secondary N) is 1. The van der Waals surface area contributed by atoms with Gasteiger partial charge in [0.2, 0.25) is 0 Å². The SMILES string of the molecule is CCCC(CCO)CNc1ccc(C#N)c(Br)c1. The summed E-state index contributed by atoms with van der Waals surface area (Å²) in [5, 5.41) is 21.2. The molecule has 1 aromatic carbocycles. The van der Waals surface area contributed by atoms with Crippen molar-refractivity contribution in [1.29, 1.82) is 5.26 Å². The summed E-state index contributed by atoms with van der Waals surface area (Å²) in [6.45, 7) is 3.25. The second kappa shape index (κ2) is 8.12. The topological polar surface area (TPSA) is 56.0 Å². The van der Waals surface area contributed by atoms with E-state index in [1.807, 2.05) is 12.1 Å². The van der Waals surface area contributed by atoms with E-state index in [2.05, 4.69) is 34.2 Å². The van der Waals surface area contributed by atoms with Crippen LogP contribution in [-0.4, -0.2) is 18.3 Å². The molecule has 1 aromatic rings. The van der Waals surface area contributed by atoms with Gasteiger partial charge in [0.15, 0.2) is 0 Å². The van der Waals surface area contributed by atoms with E-state index in [1.54, 1.807) is 6.07 Å². The van der Waals surface area contributed by atoms with Crippen LogP contribution in [0.3, 0.4) is 0 Å². The first-order chi connectivity index (χ1) is 8.71. The summed E-state index contributed by atoms with van der Waals surface area (Å²) in [6.07, 6.45) is 3.08. The van der Waals surface area contributed by atoms with Crippen molar-refractivity contribution in [3.8, 4) is 6.07 Å². The fourth-order valence-electron chi connectivity index (χ4n) is 1.92. The van der Waals surface area contributed by atoms with Crippen molar-refractivity contribution < 1.29 is 5.11 Å². The molecule has 2 N–H and O–H groups in total. The molecule has 0 aliphatic rings. The van der Waals surface area contributed by atoms with Crippen LogP contribution >= 0.6 is 15.9 Å². The van der Waals surface area contributed by atoms with E-state index >= 15 is 0 Å². The van der Waals surface area contributed by atoms with Crippen LogP contribution in [0.2, 0.25) is 0 Å². The minimum Gasteiger partial charge on any atom is -0.396 e. The van der Waals surface area contributed by atoms with E-state index < -0.39 is 0 Å². The summed E-state index contributed by atoms with van der Waals surface area (Å²) in [6, 6.07) is 7.74. The van der Waals surface area contributed by atoms with Gasteiger partial charge in [-0.25, -0.2) is 0 Å². The molecule has 1 unspecified atom stereocenters. The maximum Gasteiger partial charge on any atom is 0.100 e. The Hall–Kier alpha value is -1.05. The van der Waals surface area contributed by atoms with Gasteiger partial charge in [-0.2, -0.15) is 5.26 Å². The highest BCUT2D eigenvalue weighted by molar-refractivity contribution is 9.10. The van der Waals surface area contributed by atoms with Gasteiger partial charge in [0.25, 0.3) is 0 Å². The molecule has 0 bridgehead atoms. The third-order valence-corrected chi connectivity index (χ3v) is 3.57. The highest BCUT2D eigenvalue weighted by Crippen LogP contribution is 2.21. The number of anilines is 1. The first-order valence-electron chi connectivity index (χ1n) is 6.25. The number of aliphatic hydroxyl groups is 1. The molecule has 98 valence electrons. The number of nitriles is 1. The van der Waals surface area contributed by atoms with Gasteiger partial charge in [-0.3, -0.25) is 0 Å². The van der Waals surface area contributed by atoms with Crippen molar-refractivity contribution in [1.82, 2.24) is 0 Å². The Morgan fingerprint density at radius 2 is 2.22 bits per heavy atom. The molecule has 0 aliphatic carbocycles. The number of rotatable bonds is 7. The Labute approximate surface area is 117 Å². The third kappa shape index (κ3) is 4.67. The van der Waals surface area contributed by atoms with Gasteiger partial charge in [0, 0.05) is 23.3 Å². The third-order valence-electron chi connectivity index (χ3n) is 2.92. The molecule has 0 spiro atoms. The molecular weight excluding hydrogens is 292 g/mol. The van der Waals surface area contributed by atoms with Crippen LogP contribution in [-0.2, 0) is 0 Å². The smallest absolute Gasteiger partial charge is 0.100 e. The van der Waals surface area contributed by atoms with E-state index in [0.717, 1.165) is 36.0 Å². The molecule has 4 heteroatoms. The molecule has 0 amide bonds. The van der Waals surface area contributed by atoms with Crippen molar-refractivity contribution in [2.45, 2.75) is 26.2 Å². The highest BCUT2D eigenvalue weighted by atomic mass is 79.9. The van der Waals surface area contributed by atoms with Gasteiger partial charge < -0.3 is 10.4 Å². The van der Waals surface area contributed by atoms with Crippen LogP contribution < -0.4 is 5.32 Å². The lowest BCUT2D eigenvalue weighted by Gasteiger charge is -2.16. The number of benzene rings is 1. The standard InChI is InChI=1S/C14H19BrN2O/c1-2-3-11(6-7-18)10-17-13-5-4-12(9-16)14(15)8-13/h4-5,8,11,17-18H,2-3,6-7,10H2,1H3. The van der Waals surface area contributed by atoms with E-state index in [1.165, 1.54) is 0 Å². The van der Waals surface area contributed by atoms with Gasteiger partial charge in [-0.15, -0.1) is 0 Å². The Morgan fingerprint density at radius 3 is 2.78 bits per heavy atom. The number of halogens is 1. The maximum absolute atomic E-state index is 9.00. The second-order valence-corrected chi connectivity index (χ2v) is 5.21. The van der Waals surface area contributed by atoms with Crippen molar-refractivity contribution in [3.05, 3.63) is 28.2 Å². The number of aliphatic hydroxyl groups excluding tert-OH is 1. The Bertz CT molecular complexity index is 409. The lowest BCUT2D eigenvalue weighted by Crippen LogP contribution is -2.15. The summed E-state index contributed by atoms with van der Waals surface area (Å²) < 4.78 is 0.809. The molecule has 0 heterocycles. The summed E-state index contributed by atoms with van der Waals surface area (Å²) >= 11 is 3.37. The predicted octanol–water partition coefficient (Wildman–Crippen LogP) is 3.53. The average Bonchev–Trinajstić information content (AvgIpc) is 2.36. The van der Waals surface area contributed by atoms with Crippen LogP contribution in [0, 0.1) is 17.2 Å². The summed E-state index contributed by atoms with van der Waals surface area (Å²) in [7, 11) is 0. The molecule has 18 heavy (non-hydrogen) atoms.